The number of rotatable bonds is 8. The van der Waals surface area contributed by atoms with Crippen molar-refractivity contribution in [1.29, 1.82) is 0 Å². The van der Waals surface area contributed by atoms with Gasteiger partial charge in [0.15, 0.2) is 0 Å². The van der Waals surface area contributed by atoms with Gasteiger partial charge in [0, 0.05) is 26.2 Å². The summed E-state index contributed by atoms with van der Waals surface area (Å²) in [5, 5.41) is 10.8. The highest BCUT2D eigenvalue weighted by atomic mass is 32.2. The molecule has 0 saturated carbocycles. The van der Waals surface area contributed by atoms with Crippen LogP contribution in [0.4, 0.5) is 0 Å². The van der Waals surface area contributed by atoms with E-state index in [1.165, 1.54) is 4.31 Å². The maximum atomic E-state index is 12.7. The molecule has 1 aliphatic heterocycles. The molecule has 0 aromatic heterocycles. The third kappa shape index (κ3) is 5.52. The second-order valence-electron chi connectivity index (χ2n) is 6.24. The highest BCUT2D eigenvalue weighted by Crippen LogP contribution is 2.18. The maximum Gasteiger partial charge on any atom is 0.322 e. The number of piperazine rings is 1. The minimum Gasteiger partial charge on any atom is -0.480 e. The number of carboxylic acids is 1. The molecule has 8 nitrogen and oxygen atoms in total. The van der Waals surface area contributed by atoms with Crippen LogP contribution >= 0.6 is 0 Å². The number of carbonyl (C=O) groups excluding carboxylic acids is 1. The van der Waals surface area contributed by atoms with Crippen molar-refractivity contribution < 1.29 is 23.1 Å². The van der Waals surface area contributed by atoms with E-state index in [0.717, 1.165) is 18.4 Å². The van der Waals surface area contributed by atoms with Gasteiger partial charge in [-0.3, -0.25) is 14.5 Å². The average Bonchev–Trinajstić information content (AvgIpc) is 2.61. The van der Waals surface area contributed by atoms with Gasteiger partial charge in [0.1, 0.15) is 6.54 Å². The zero-order valence-corrected chi connectivity index (χ0v) is 15.7. The summed E-state index contributed by atoms with van der Waals surface area (Å²) in [7, 11) is -3.54. The fraction of sp³-hybridized carbons (Fsp3) is 0.529. The Morgan fingerprint density at radius 1 is 1.12 bits per heavy atom. The Labute approximate surface area is 153 Å². The predicted molar refractivity (Wildman–Crippen MR) is 96.3 cm³/mol. The van der Waals surface area contributed by atoms with Crippen LogP contribution in [0.1, 0.15) is 18.9 Å². The van der Waals surface area contributed by atoms with Crippen LogP contribution in [0.3, 0.4) is 0 Å². The summed E-state index contributed by atoms with van der Waals surface area (Å²) in [6.07, 6.45) is 1.93. The van der Waals surface area contributed by atoms with E-state index in [2.05, 4.69) is 12.2 Å². The summed E-state index contributed by atoms with van der Waals surface area (Å²) in [6.45, 7) is 3.16. The van der Waals surface area contributed by atoms with Crippen molar-refractivity contribution >= 4 is 21.9 Å². The molecule has 1 amide bonds. The van der Waals surface area contributed by atoms with Gasteiger partial charge >= 0.3 is 5.97 Å². The lowest BCUT2D eigenvalue weighted by molar-refractivity contribution is -0.138. The van der Waals surface area contributed by atoms with Crippen LogP contribution in [0.25, 0.3) is 0 Å². The zero-order chi connectivity index (χ0) is 19.2. The number of nitrogens with one attached hydrogen (secondary N) is 1. The first-order valence-corrected chi connectivity index (χ1v) is 10.1. The van der Waals surface area contributed by atoms with Gasteiger partial charge in [-0.25, -0.2) is 8.42 Å². The summed E-state index contributed by atoms with van der Waals surface area (Å²) in [4.78, 5) is 24.2. The molecule has 26 heavy (non-hydrogen) atoms. The third-order valence-electron chi connectivity index (χ3n) is 4.24. The molecule has 1 heterocycles. The molecule has 1 aromatic carbocycles. The standard InChI is InChI=1S/C17H25N3O5S/c1-2-3-14-4-6-15(7-5-14)26(24,25)20-10-8-19(9-11-20)13-16(21)18-12-17(22)23/h4-7H,2-3,8-13H2,1H3,(H,18,21)(H,22,23). The smallest absolute Gasteiger partial charge is 0.322 e. The number of hydrogen-bond acceptors (Lipinski definition) is 5. The topological polar surface area (TPSA) is 107 Å². The predicted octanol–water partition coefficient (Wildman–Crippen LogP) is 0.146. The van der Waals surface area contributed by atoms with Crippen LogP contribution < -0.4 is 5.32 Å². The number of hydrogen-bond donors (Lipinski definition) is 2. The van der Waals surface area contributed by atoms with E-state index < -0.39 is 22.5 Å². The van der Waals surface area contributed by atoms with Gasteiger partial charge in [-0.15, -0.1) is 0 Å². The Hall–Kier alpha value is -1.97. The second kappa shape index (κ2) is 9.11. The molecule has 1 fully saturated rings. The quantitative estimate of drug-likeness (QED) is 0.662. The monoisotopic (exact) mass is 383 g/mol. The van der Waals surface area contributed by atoms with Crippen molar-refractivity contribution in [2.75, 3.05) is 39.3 Å². The lowest BCUT2D eigenvalue weighted by Crippen LogP contribution is -2.51. The Morgan fingerprint density at radius 2 is 1.73 bits per heavy atom. The minimum atomic E-state index is -3.54. The van der Waals surface area contributed by atoms with Crippen molar-refractivity contribution in [2.24, 2.45) is 0 Å². The molecule has 2 N–H and O–H groups in total. The van der Waals surface area contributed by atoms with E-state index >= 15 is 0 Å². The average molecular weight is 383 g/mol. The first-order chi connectivity index (χ1) is 12.3. The molecule has 0 spiro atoms. The molecule has 0 bridgehead atoms. The SMILES string of the molecule is CCCc1ccc(S(=O)(=O)N2CCN(CC(=O)NCC(=O)O)CC2)cc1. The van der Waals surface area contributed by atoms with Crippen LogP contribution in [0.2, 0.25) is 0 Å². The van der Waals surface area contributed by atoms with Crippen molar-refractivity contribution in [3.63, 3.8) is 0 Å². The van der Waals surface area contributed by atoms with Gasteiger partial charge in [-0.1, -0.05) is 25.5 Å². The highest BCUT2D eigenvalue weighted by molar-refractivity contribution is 7.89. The Kier molecular flexibility index (Phi) is 7.13. The van der Waals surface area contributed by atoms with Crippen LogP contribution in [0, 0.1) is 0 Å². The molecule has 0 aliphatic carbocycles. The van der Waals surface area contributed by atoms with E-state index in [4.69, 9.17) is 5.11 Å². The van der Waals surface area contributed by atoms with Crippen LogP contribution in [0.15, 0.2) is 29.2 Å². The highest BCUT2D eigenvalue weighted by Gasteiger charge is 2.29. The number of amides is 1. The van der Waals surface area contributed by atoms with E-state index in [1.807, 2.05) is 17.0 Å². The van der Waals surface area contributed by atoms with Crippen molar-refractivity contribution in [3.05, 3.63) is 29.8 Å². The van der Waals surface area contributed by atoms with E-state index in [1.54, 1.807) is 12.1 Å². The summed E-state index contributed by atoms with van der Waals surface area (Å²) in [5.74, 6) is -1.48. The normalized spacial score (nSPS) is 16.3. The largest absolute Gasteiger partial charge is 0.480 e. The first-order valence-electron chi connectivity index (χ1n) is 8.63. The fourth-order valence-corrected chi connectivity index (χ4v) is 4.25. The van der Waals surface area contributed by atoms with Gasteiger partial charge in [-0.2, -0.15) is 4.31 Å². The van der Waals surface area contributed by atoms with Crippen molar-refractivity contribution in [3.8, 4) is 0 Å². The molecule has 1 aliphatic rings. The summed E-state index contributed by atoms with van der Waals surface area (Å²) in [5.41, 5.74) is 1.11. The van der Waals surface area contributed by atoms with E-state index in [0.29, 0.717) is 26.2 Å². The number of aliphatic carboxylic acids is 1. The Morgan fingerprint density at radius 3 is 2.27 bits per heavy atom. The number of aryl methyl sites for hydroxylation is 1. The summed E-state index contributed by atoms with van der Waals surface area (Å²) < 4.78 is 26.9. The number of nitrogens with zero attached hydrogens (tertiary/aromatic N) is 2. The molecule has 144 valence electrons. The third-order valence-corrected chi connectivity index (χ3v) is 6.15. The van der Waals surface area contributed by atoms with Crippen molar-refractivity contribution in [1.82, 2.24) is 14.5 Å². The summed E-state index contributed by atoms with van der Waals surface area (Å²) in [6, 6.07) is 6.98. The number of carbonyl (C=O) groups is 2. The van der Waals surface area contributed by atoms with Gasteiger partial charge in [0.25, 0.3) is 0 Å². The molecule has 0 unspecified atom stereocenters. The lowest BCUT2D eigenvalue weighted by Gasteiger charge is -2.33. The van der Waals surface area contributed by atoms with Gasteiger partial charge in [0.05, 0.1) is 11.4 Å². The molecule has 0 atom stereocenters. The molecule has 1 aromatic rings. The first kappa shape index (κ1) is 20.3. The van der Waals surface area contributed by atoms with Gasteiger partial charge in [0.2, 0.25) is 15.9 Å². The molecular weight excluding hydrogens is 358 g/mol. The lowest BCUT2D eigenvalue weighted by atomic mass is 10.1. The fourth-order valence-electron chi connectivity index (χ4n) is 2.83. The number of sulfonamides is 1. The minimum absolute atomic E-state index is 0.0624. The molecule has 1 saturated heterocycles. The van der Waals surface area contributed by atoms with Crippen LogP contribution in [-0.2, 0) is 26.0 Å². The van der Waals surface area contributed by atoms with Crippen LogP contribution in [-0.4, -0.2) is 73.9 Å². The number of benzene rings is 1. The molecule has 2 rings (SSSR count). The van der Waals surface area contributed by atoms with Crippen molar-refractivity contribution in [2.45, 2.75) is 24.7 Å². The summed E-state index contributed by atoms with van der Waals surface area (Å²) >= 11 is 0. The maximum absolute atomic E-state index is 12.7. The van der Waals surface area contributed by atoms with Gasteiger partial charge in [-0.05, 0) is 24.1 Å². The van der Waals surface area contributed by atoms with Crippen LogP contribution in [0.5, 0.6) is 0 Å². The van der Waals surface area contributed by atoms with E-state index in [-0.39, 0.29) is 17.3 Å². The number of carboxylic acid groups (broad SMARTS) is 1. The zero-order valence-electron chi connectivity index (χ0n) is 14.8. The molecule has 0 radical (unpaired) electrons. The Bertz CT molecular complexity index is 725. The van der Waals surface area contributed by atoms with E-state index in [9.17, 15) is 18.0 Å². The second-order valence-corrected chi connectivity index (χ2v) is 8.18. The Balaban J connectivity index is 1.89. The molecule has 9 heteroatoms. The van der Waals surface area contributed by atoms with Gasteiger partial charge < -0.3 is 10.4 Å². The molecular formula is C17H25N3O5S.